The van der Waals surface area contributed by atoms with Crippen molar-refractivity contribution < 1.29 is 8.91 Å². The van der Waals surface area contributed by atoms with Gasteiger partial charge in [0.15, 0.2) is 11.6 Å². The number of rotatable bonds is 5. The third kappa shape index (κ3) is 3.15. The Labute approximate surface area is 150 Å². The van der Waals surface area contributed by atoms with Gasteiger partial charge >= 0.3 is 0 Å². The summed E-state index contributed by atoms with van der Waals surface area (Å²) in [6.45, 7) is 0. The molecular formula is C16H12FN5OS2. The van der Waals surface area contributed by atoms with Crippen LogP contribution < -0.4 is 5.84 Å². The molecular weight excluding hydrogens is 361 g/mol. The first-order chi connectivity index (χ1) is 12.2. The monoisotopic (exact) mass is 373 g/mol. The average Bonchev–Trinajstić information content (AvgIpc) is 3.35. The lowest BCUT2D eigenvalue weighted by Crippen LogP contribution is -2.12. The molecule has 0 saturated carbocycles. The summed E-state index contributed by atoms with van der Waals surface area (Å²) in [7, 11) is 0. The van der Waals surface area contributed by atoms with E-state index >= 15 is 0 Å². The van der Waals surface area contributed by atoms with Crippen LogP contribution >= 0.6 is 23.1 Å². The molecule has 0 fully saturated rings. The molecule has 126 valence electrons. The summed E-state index contributed by atoms with van der Waals surface area (Å²) in [6.07, 6.45) is 0. The number of hydrogen-bond donors (Lipinski definition) is 1. The van der Waals surface area contributed by atoms with Gasteiger partial charge in [-0.2, -0.15) is 0 Å². The first-order valence-corrected chi connectivity index (χ1v) is 9.16. The Morgan fingerprint density at radius 3 is 2.88 bits per heavy atom. The molecule has 6 nitrogen and oxygen atoms in total. The first-order valence-electron chi connectivity index (χ1n) is 7.30. The molecule has 9 heteroatoms. The number of aromatic nitrogens is 4. The summed E-state index contributed by atoms with van der Waals surface area (Å²) < 4.78 is 20.5. The fraction of sp³-hybridized carbons (Fsp3) is 0.0625. The zero-order chi connectivity index (χ0) is 17.2. The Morgan fingerprint density at radius 2 is 2.08 bits per heavy atom. The summed E-state index contributed by atoms with van der Waals surface area (Å²) in [5, 5.41) is 14.5. The van der Waals surface area contributed by atoms with Gasteiger partial charge in [-0.15, -0.1) is 21.5 Å². The maximum atomic E-state index is 13.9. The normalized spacial score (nSPS) is 11.1. The van der Waals surface area contributed by atoms with Gasteiger partial charge in [0.25, 0.3) is 0 Å². The molecule has 0 amide bonds. The van der Waals surface area contributed by atoms with E-state index in [9.17, 15) is 4.39 Å². The van der Waals surface area contributed by atoms with Gasteiger partial charge in [0.05, 0.1) is 16.1 Å². The minimum atomic E-state index is -0.393. The van der Waals surface area contributed by atoms with Crippen LogP contribution in [0.5, 0.6) is 0 Å². The number of halogens is 1. The van der Waals surface area contributed by atoms with Crippen molar-refractivity contribution in [1.82, 2.24) is 20.0 Å². The van der Waals surface area contributed by atoms with Crippen molar-refractivity contribution in [2.75, 3.05) is 5.84 Å². The van der Waals surface area contributed by atoms with E-state index in [2.05, 4.69) is 15.4 Å². The molecule has 1 aromatic carbocycles. The van der Waals surface area contributed by atoms with Crippen LogP contribution in [0.3, 0.4) is 0 Å². The molecule has 3 heterocycles. The van der Waals surface area contributed by atoms with Gasteiger partial charge < -0.3 is 10.4 Å². The SMILES string of the molecule is Nn1c(SCc2cc(-c3cccs3)on2)nnc1-c1ccccc1F. The van der Waals surface area contributed by atoms with Gasteiger partial charge in [0.2, 0.25) is 5.16 Å². The van der Waals surface area contributed by atoms with E-state index in [1.54, 1.807) is 29.5 Å². The zero-order valence-corrected chi connectivity index (χ0v) is 14.4. The van der Waals surface area contributed by atoms with E-state index in [1.807, 2.05) is 23.6 Å². The number of thiophene rings is 1. The number of thioether (sulfide) groups is 1. The Bertz CT molecular complexity index is 996. The van der Waals surface area contributed by atoms with Crippen molar-refractivity contribution in [2.45, 2.75) is 10.9 Å². The van der Waals surface area contributed by atoms with Crippen LogP contribution in [0, 0.1) is 5.82 Å². The van der Waals surface area contributed by atoms with E-state index in [0.717, 1.165) is 16.3 Å². The summed E-state index contributed by atoms with van der Waals surface area (Å²) in [5.74, 6) is 7.14. The van der Waals surface area contributed by atoms with Crippen molar-refractivity contribution in [1.29, 1.82) is 0 Å². The molecule has 0 aliphatic heterocycles. The van der Waals surface area contributed by atoms with Gasteiger partial charge in [-0.25, -0.2) is 9.07 Å². The predicted molar refractivity (Wildman–Crippen MR) is 94.9 cm³/mol. The molecule has 0 unspecified atom stereocenters. The highest BCUT2D eigenvalue weighted by atomic mass is 32.2. The number of nitrogens with zero attached hydrogens (tertiary/aromatic N) is 4. The minimum absolute atomic E-state index is 0.278. The van der Waals surface area contributed by atoms with Crippen molar-refractivity contribution in [3.63, 3.8) is 0 Å². The molecule has 0 aliphatic rings. The third-order valence-corrected chi connectivity index (χ3v) is 5.31. The molecule has 0 aliphatic carbocycles. The highest BCUT2D eigenvalue weighted by Gasteiger charge is 2.16. The molecule has 4 rings (SSSR count). The smallest absolute Gasteiger partial charge is 0.210 e. The molecule has 0 bridgehead atoms. The Hall–Kier alpha value is -2.65. The van der Waals surface area contributed by atoms with Gasteiger partial charge in [-0.05, 0) is 23.6 Å². The molecule has 3 aromatic heterocycles. The quantitative estimate of drug-likeness (QED) is 0.423. The predicted octanol–water partition coefficient (Wildman–Crippen LogP) is 3.81. The number of benzene rings is 1. The molecule has 0 radical (unpaired) electrons. The van der Waals surface area contributed by atoms with Crippen LogP contribution in [0.1, 0.15) is 5.69 Å². The van der Waals surface area contributed by atoms with Crippen molar-refractivity contribution in [3.8, 4) is 22.0 Å². The summed E-state index contributed by atoms with van der Waals surface area (Å²) in [4.78, 5) is 1.02. The van der Waals surface area contributed by atoms with Crippen LogP contribution in [0.4, 0.5) is 4.39 Å². The molecule has 2 N–H and O–H groups in total. The second-order valence-corrected chi connectivity index (χ2v) is 6.99. The lowest BCUT2D eigenvalue weighted by molar-refractivity contribution is 0.427. The molecule has 4 aromatic rings. The number of nitrogen functional groups attached to an aromatic ring is 1. The van der Waals surface area contributed by atoms with Crippen molar-refractivity contribution in [3.05, 3.63) is 59.4 Å². The van der Waals surface area contributed by atoms with Crippen LogP contribution in [-0.2, 0) is 5.75 Å². The van der Waals surface area contributed by atoms with Crippen LogP contribution in [0.15, 0.2) is 57.5 Å². The molecule has 25 heavy (non-hydrogen) atoms. The molecule has 0 saturated heterocycles. The van der Waals surface area contributed by atoms with Crippen LogP contribution in [0.2, 0.25) is 0 Å². The summed E-state index contributed by atoms with van der Waals surface area (Å²) in [5.41, 5.74) is 1.08. The number of hydrogen-bond acceptors (Lipinski definition) is 7. The van der Waals surface area contributed by atoms with Gasteiger partial charge in [0.1, 0.15) is 5.82 Å². The zero-order valence-electron chi connectivity index (χ0n) is 12.8. The highest BCUT2D eigenvalue weighted by Crippen LogP contribution is 2.29. The van der Waals surface area contributed by atoms with Crippen LogP contribution in [0.25, 0.3) is 22.0 Å². The summed E-state index contributed by atoms with van der Waals surface area (Å²) in [6, 6.07) is 12.1. The van der Waals surface area contributed by atoms with E-state index in [0.29, 0.717) is 16.5 Å². The van der Waals surface area contributed by atoms with E-state index in [1.165, 1.54) is 22.5 Å². The van der Waals surface area contributed by atoms with Gasteiger partial charge in [-0.3, -0.25) is 0 Å². The Balaban J connectivity index is 1.50. The Morgan fingerprint density at radius 1 is 1.20 bits per heavy atom. The van der Waals surface area contributed by atoms with Gasteiger partial charge in [-0.1, -0.05) is 35.1 Å². The van der Waals surface area contributed by atoms with E-state index in [-0.39, 0.29) is 5.82 Å². The first kappa shape index (κ1) is 15.9. The maximum Gasteiger partial charge on any atom is 0.210 e. The van der Waals surface area contributed by atoms with E-state index < -0.39 is 5.82 Å². The minimum Gasteiger partial charge on any atom is -0.355 e. The topological polar surface area (TPSA) is 82.8 Å². The highest BCUT2D eigenvalue weighted by molar-refractivity contribution is 7.98. The van der Waals surface area contributed by atoms with E-state index in [4.69, 9.17) is 10.4 Å². The van der Waals surface area contributed by atoms with Crippen molar-refractivity contribution >= 4 is 23.1 Å². The largest absolute Gasteiger partial charge is 0.355 e. The Kier molecular flexibility index (Phi) is 4.24. The van der Waals surface area contributed by atoms with Crippen LogP contribution in [-0.4, -0.2) is 20.0 Å². The fourth-order valence-electron chi connectivity index (χ4n) is 2.25. The second-order valence-electron chi connectivity index (χ2n) is 5.10. The summed E-state index contributed by atoms with van der Waals surface area (Å²) >= 11 is 2.94. The fourth-order valence-corrected chi connectivity index (χ4v) is 3.67. The van der Waals surface area contributed by atoms with Crippen molar-refractivity contribution in [2.24, 2.45) is 0 Å². The lowest BCUT2D eigenvalue weighted by atomic mass is 10.2. The third-order valence-electron chi connectivity index (χ3n) is 3.45. The number of nitrogens with two attached hydrogens (primary N) is 1. The maximum absolute atomic E-state index is 13.9. The second kappa shape index (κ2) is 6.69. The van der Waals surface area contributed by atoms with Gasteiger partial charge in [0, 0.05) is 11.8 Å². The lowest BCUT2D eigenvalue weighted by Gasteiger charge is -2.03. The molecule has 0 atom stereocenters. The molecule has 0 spiro atoms. The average molecular weight is 373 g/mol. The standard InChI is InChI=1S/C16H12FN5OS2/c17-12-5-2-1-4-11(12)15-19-20-16(22(15)18)25-9-10-8-13(23-21-10)14-6-3-7-24-14/h1-8H,9,18H2.